The van der Waals surface area contributed by atoms with Gasteiger partial charge >= 0.3 is 0 Å². The lowest BCUT2D eigenvalue weighted by Gasteiger charge is -2.41. The van der Waals surface area contributed by atoms with Crippen LogP contribution in [-0.2, 0) is 9.47 Å². The fourth-order valence-electron chi connectivity index (χ4n) is 3.35. The van der Waals surface area contributed by atoms with E-state index in [9.17, 15) is 4.79 Å². The maximum atomic E-state index is 12.9. The van der Waals surface area contributed by atoms with Crippen molar-refractivity contribution in [1.82, 2.24) is 15.2 Å². The second-order valence-corrected chi connectivity index (χ2v) is 6.27. The van der Waals surface area contributed by atoms with Crippen LogP contribution in [0.15, 0.2) is 30.5 Å². The Balaban J connectivity index is 1.55. The summed E-state index contributed by atoms with van der Waals surface area (Å²) in [5.41, 5.74) is 1.26. The fourth-order valence-corrected chi connectivity index (χ4v) is 3.35. The molecule has 3 heterocycles. The lowest BCUT2D eigenvalue weighted by molar-refractivity contribution is -0.125. The number of benzene rings is 1. The minimum absolute atomic E-state index is 0.0495. The first-order chi connectivity index (χ1) is 11.3. The SMILES string of the molecule is O=C(c1ccc2cc[nH]c2c1)N1CCOC2(CNCCOC2)C1. The molecule has 1 spiro atoms. The quantitative estimate of drug-likeness (QED) is 0.824. The monoisotopic (exact) mass is 315 g/mol. The van der Waals surface area contributed by atoms with Crippen LogP contribution < -0.4 is 5.32 Å². The van der Waals surface area contributed by atoms with Gasteiger partial charge in [0.2, 0.25) is 0 Å². The Labute approximate surface area is 134 Å². The number of nitrogens with one attached hydrogen (secondary N) is 2. The Hall–Kier alpha value is -1.89. The molecule has 2 aliphatic heterocycles. The number of carbonyl (C=O) groups excluding carboxylic acids is 1. The third-order valence-corrected chi connectivity index (χ3v) is 4.57. The Morgan fingerprint density at radius 2 is 2.22 bits per heavy atom. The van der Waals surface area contributed by atoms with Crippen molar-refractivity contribution in [3.63, 3.8) is 0 Å². The number of fused-ring (bicyclic) bond motifs is 1. The number of aromatic amines is 1. The number of rotatable bonds is 1. The smallest absolute Gasteiger partial charge is 0.254 e. The molecule has 23 heavy (non-hydrogen) atoms. The molecule has 0 aliphatic carbocycles. The second kappa shape index (κ2) is 5.96. The number of H-pyrrole nitrogens is 1. The number of aromatic nitrogens is 1. The van der Waals surface area contributed by atoms with Crippen molar-refractivity contribution in [3.8, 4) is 0 Å². The Bertz CT molecular complexity index is 704. The summed E-state index contributed by atoms with van der Waals surface area (Å²) in [6.07, 6.45) is 1.89. The predicted octanol–water partition coefficient (Wildman–Crippen LogP) is 0.999. The number of ether oxygens (including phenoxy) is 2. The van der Waals surface area contributed by atoms with E-state index < -0.39 is 5.60 Å². The number of amides is 1. The van der Waals surface area contributed by atoms with Crippen LogP contribution in [0.3, 0.4) is 0 Å². The van der Waals surface area contributed by atoms with E-state index in [1.807, 2.05) is 35.4 Å². The molecule has 1 amide bonds. The maximum Gasteiger partial charge on any atom is 0.254 e. The van der Waals surface area contributed by atoms with Crippen molar-refractivity contribution in [1.29, 1.82) is 0 Å². The molecular weight excluding hydrogens is 294 g/mol. The molecule has 2 aliphatic rings. The number of morpholine rings is 1. The first kappa shape index (κ1) is 14.7. The van der Waals surface area contributed by atoms with E-state index in [4.69, 9.17) is 9.47 Å². The molecule has 6 heteroatoms. The zero-order valence-electron chi connectivity index (χ0n) is 13.0. The van der Waals surface area contributed by atoms with Gasteiger partial charge in [0.1, 0.15) is 5.60 Å². The van der Waals surface area contributed by atoms with Gasteiger partial charge < -0.3 is 24.7 Å². The standard InChI is InChI=1S/C17H21N3O3/c21-16(14-2-1-13-3-4-19-15(13)9-14)20-6-8-23-17(11-20)10-18-5-7-22-12-17/h1-4,9,18-19H,5-8,10-12H2. The van der Waals surface area contributed by atoms with Crippen molar-refractivity contribution >= 4 is 16.8 Å². The molecule has 0 saturated carbocycles. The topological polar surface area (TPSA) is 66.6 Å². The molecule has 1 aromatic heterocycles. The largest absolute Gasteiger partial charge is 0.377 e. The minimum Gasteiger partial charge on any atom is -0.377 e. The zero-order chi connectivity index (χ0) is 15.7. The van der Waals surface area contributed by atoms with Gasteiger partial charge in [0.25, 0.3) is 5.91 Å². The molecule has 1 atom stereocenters. The average molecular weight is 315 g/mol. The highest BCUT2D eigenvalue weighted by Gasteiger charge is 2.39. The molecule has 0 radical (unpaired) electrons. The van der Waals surface area contributed by atoms with Crippen molar-refractivity contribution in [3.05, 3.63) is 36.0 Å². The molecule has 1 unspecified atom stereocenters. The van der Waals surface area contributed by atoms with Gasteiger partial charge in [-0.1, -0.05) is 6.07 Å². The van der Waals surface area contributed by atoms with Crippen molar-refractivity contribution in [2.45, 2.75) is 5.60 Å². The van der Waals surface area contributed by atoms with Crippen LogP contribution in [-0.4, -0.2) is 67.4 Å². The second-order valence-electron chi connectivity index (χ2n) is 6.27. The summed E-state index contributed by atoms with van der Waals surface area (Å²) in [5, 5.41) is 4.45. The molecule has 0 bridgehead atoms. The van der Waals surface area contributed by atoms with Gasteiger partial charge in [-0.3, -0.25) is 4.79 Å². The normalized spacial score (nSPS) is 25.7. The predicted molar refractivity (Wildman–Crippen MR) is 86.6 cm³/mol. The summed E-state index contributed by atoms with van der Waals surface area (Å²) in [7, 11) is 0. The fraction of sp³-hybridized carbons (Fsp3) is 0.471. The van der Waals surface area contributed by atoms with Gasteiger partial charge in [-0.15, -0.1) is 0 Å². The third kappa shape index (κ3) is 2.85. The Morgan fingerprint density at radius 3 is 3.17 bits per heavy atom. The van der Waals surface area contributed by atoms with Crippen LogP contribution in [0.1, 0.15) is 10.4 Å². The van der Waals surface area contributed by atoms with Crippen molar-refractivity contribution in [2.75, 3.05) is 46.0 Å². The number of hydrogen-bond acceptors (Lipinski definition) is 4. The molecule has 2 N–H and O–H groups in total. The van der Waals surface area contributed by atoms with Gasteiger partial charge in [-0.25, -0.2) is 0 Å². The van der Waals surface area contributed by atoms with Crippen LogP contribution in [0, 0.1) is 0 Å². The maximum absolute atomic E-state index is 12.9. The van der Waals surface area contributed by atoms with Crippen LogP contribution in [0.2, 0.25) is 0 Å². The summed E-state index contributed by atoms with van der Waals surface area (Å²) in [6, 6.07) is 7.79. The van der Waals surface area contributed by atoms with E-state index >= 15 is 0 Å². The molecule has 2 aromatic rings. The summed E-state index contributed by atoms with van der Waals surface area (Å²) in [4.78, 5) is 17.9. The highest BCUT2D eigenvalue weighted by molar-refractivity contribution is 5.98. The molecule has 122 valence electrons. The van der Waals surface area contributed by atoms with Gasteiger partial charge in [-0.2, -0.15) is 0 Å². The van der Waals surface area contributed by atoms with Crippen LogP contribution in [0.25, 0.3) is 10.9 Å². The van der Waals surface area contributed by atoms with Gasteiger partial charge in [0.05, 0.1) is 26.4 Å². The van der Waals surface area contributed by atoms with Crippen LogP contribution in [0.4, 0.5) is 0 Å². The summed E-state index contributed by atoms with van der Waals surface area (Å²) >= 11 is 0. The number of nitrogens with zero attached hydrogens (tertiary/aromatic N) is 1. The molecule has 2 fully saturated rings. The van der Waals surface area contributed by atoms with E-state index in [-0.39, 0.29) is 5.91 Å². The lowest BCUT2D eigenvalue weighted by Crippen LogP contribution is -2.59. The minimum atomic E-state index is -0.430. The van der Waals surface area contributed by atoms with Crippen LogP contribution in [0.5, 0.6) is 0 Å². The Kier molecular flexibility index (Phi) is 3.80. The van der Waals surface area contributed by atoms with E-state index in [1.165, 1.54) is 0 Å². The van der Waals surface area contributed by atoms with Gasteiger partial charge in [-0.05, 0) is 23.6 Å². The first-order valence-corrected chi connectivity index (χ1v) is 8.05. The molecular formula is C17H21N3O3. The Morgan fingerprint density at radius 1 is 1.26 bits per heavy atom. The van der Waals surface area contributed by atoms with E-state index in [1.54, 1.807) is 0 Å². The average Bonchev–Trinajstić information content (AvgIpc) is 2.94. The number of carbonyl (C=O) groups is 1. The molecule has 4 rings (SSSR count). The van der Waals surface area contributed by atoms with Gasteiger partial charge in [0.15, 0.2) is 0 Å². The number of hydrogen-bond donors (Lipinski definition) is 2. The summed E-state index contributed by atoms with van der Waals surface area (Å²) < 4.78 is 11.6. The van der Waals surface area contributed by atoms with Crippen LogP contribution >= 0.6 is 0 Å². The van der Waals surface area contributed by atoms with E-state index in [2.05, 4.69) is 10.3 Å². The zero-order valence-corrected chi connectivity index (χ0v) is 13.0. The van der Waals surface area contributed by atoms with Gasteiger partial charge in [0, 0.05) is 36.9 Å². The van der Waals surface area contributed by atoms with Crippen molar-refractivity contribution in [2.24, 2.45) is 0 Å². The van der Waals surface area contributed by atoms with E-state index in [0.717, 1.165) is 17.4 Å². The highest BCUT2D eigenvalue weighted by Crippen LogP contribution is 2.22. The third-order valence-electron chi connectivity index (χ3n) is 4.57. The summed E-state index contributed by atoms with van der Waals surface area (Å²) in [6.45, 7) is 4.46. The highest BCUT2D eigenvalue weighted by atomic mass is 16.5. The molecule has 2 saturated heterocycles. The van der Waals surface area contributed by atoms with E-state index in [0.29, 0.717) is 45.0 Å². The molecule has 6 nitrogen and oxygen atoms in total. The molecule has 1 aromatic carbocycles. The van der Waals surface area contributed by atoms with Crippen molar-refractivity contribution < 1.29 is 14.3 Å². The lowest BCUT2D eigenvalue weighted by atomic mass is 10.0. The summed E-state index contributed by atoms with van der Waals surface area (Å²) in [5.74, 6) is 0.0495. The first-order valence-electron chi connectivity index (χ1n) is 8.05.